The number of ether oxygens (including phenoxy) is 2. The predicted octanol–water partition coefficient (Wildman–Crippen LogP) is 4.17. The van der Waals surface area contributed by atoms with Crippen LogP contribution in [0, 0.1) is 0 Å². The number of nitrogens with one attached hydrogen (secondary N) is 3. The maximum atomic E-state index is 12.2. The van der Waals surface area contributed by atoms with E-state index in [2.05, 4.69) is 16.0 Å². The summed E-state index contributed by atoms with van der Waals surface area (Å²) < 4.78 is 10.7. The van der Waals surface area contributed by atoms with Gasteiger partial charge in [-0.3, -0.25) is 4.79 Å². The molecule has 0 radical (unpaired) electrons. The summed E-state index contributed by atoms with van der Waals surface area (Å²) in [6.07, 6.45) is 5.60. The average Bonchev–Trinajstić information content (AvgIpc) is 2.73. The number of rotatable bonds is 7. The lowest BCUT2D eigenvalue weighted by Crippen LogP contribution is -2.39. The zero-order chi connectivity index (χ0) is 20.5. The lowest BCUT2D eigenvalue weighted by molar-refractivity contribution is -0.118. The van der Waals surface area contributed by atoms with Crippen LogP contribution in [-0.2, 0) is 4.79 Å². The zero-order valence-corrected chi connectivity index (χ0v) is 16.6. The first-order chi connectivity index (χ1) is 14.1. The second-order valence-electron chi connectivity index (χ2n) is 7.00. The van der Waals surface area contributed by atoms with E-state index >= 15 is 0 Å². The molecule has 7 heteroatoms. The van der Waals surface area contributed by atoms with Crippen molar-refractivity contribution in [3.05, 3.63) is 48.5 Å². The van der Waals surface area contributed by atoms with Gasteiger partial charge in [-0.2, -0.15) is 0 Å². The van der Waals surface area contributed by atoms with E-state index in [-0.39, 0.29) is 24.6 Å². The number of benzene rings is 2. The summed E-state index contributed by atoms with van der Waals surface area (Å²) >= 11 is 0. The summed E-state index contributed by atoms with van der Waals surface area (Å²) in [4.78, 5) is 24.4. The molecule has 1 fully saturated rings. The normalized spacial score (nSPS) is 14.0. The molecule has 7 nitrogen and oxygen atoms in total. The molecule has 0 atom stereocenters. The van der Waals surface area contributed by atoms with Gasteiger partial charge >= 0.3 is 6.03 Å². The minimum Gasteiger partial charge on any atom is -0.493 e. The molecule has 1 aliphatic rings. The Bertz CT molecular complexity index is 834. The quantitative estimate of drug-likeness (QED) is 0.654. The zero-order valence-electron chi connectivity index (χ0n) is 16.6. The van der Waals surface area contributed by atoms with Gasteiger partial charge in [-0.25, -0.2) is 4.79 Å². The van der Waals surface area contributed by atoms with Gasteiger partial charge in [0.15, 0.2) is 18.1 Å². The van der Waals surface area contributed by atoms with Gasteiger partial charge < -0.3 is 25.4 Å². The Hall–Kier alpha value is -3.22. The maximum absolute atomic E-state index is 12.2. The van der Waals surface area contributed by atoms with Crippen molar-refractivity contribution < 1.29 is 19.1 Å². The Morgan fingerprint density at radius 3 is 2.34 bits per heavy atom. The van der Waals surface area contributed by atoms with Gasteiger partial charge in [0.25, 0.3) is 5.91 Å². The number of amides is 3. The fourth-order valence-corrected chi connectivity index (χ4v) is 3.35. The van der Waals surface area contributed by atoms with Crippen molar-refractivity contribution in [1.82, 2.24) is 5.32 Å². The number of carbonyl (C=O) groups is 2. The standard InChI is InChI=1S/C22H27N3O4/c1-28-19-12-5-6-13-20(19)29-15-21(26)23-17-10-7-11-18(14-17)25-22(27)24-16-8-3-2-4-9-16/h5-7,10-14,16H,2-4,8-9,15H2,1H3,(H,23,26)(H2,24,25,27). The van der Waals surface area contributed by atoms with Crippen molar-refractivity contribution in [2.75, 3.05) is 24.4 Å². The molecule has 154 valence electrons. The van der Waals surface area contributed by atoms with Crippen LogP contribution in [0.4, 0.5) is 16.2 Å². The van der Waals surface area contributed by atoms with E-state index in [1.807, 2.05) is 12.1 Å². The highest BCUT2D eigenvalue weighted by Crippen LogP contribution is 2.25. The largest absolute Gasteiger partial charge is 0.493 e. The van der Waals surface area contributed by atoms with E-state index in [9.17, 15) is 9.59 Å². The van der Waals surface area contributed by atoms with E-state index in [0.29, 0.717) is 22.9 Å². The number of hydrogen-bond acceptors (Lipinski definition) is 4. The third-order valence-electron chi connectivity index (χ3n) is 4.77. The van der Waals surface area contributed by atoms with Crippen molar-refractivity contribution in [2.24, 2.45) is 0 Å². The monoisotopic (exact) mass is 397 g/mol. The SMILES string of the molecule is COc1ccccc1OCC(=O)Nc1cccc(NC(=O)NC2CCCCC2)c1. The molecule has 0 bridgehead atoms. The minimum absolute atomic E-state index is 0.153. The number of carbonyl (C=O) groups excluding carboxylic acids is 2. The van der Waals surface area contributed by atoms with Crippen LogP contribution in [0.25, 0.3) is 0 Å². The Morgan fingerprint density at radius 2 is 1.62 bits per heavy atom. The molecule has 29 heavy (non-hydrogen) atoms. The van der Waals surface area contributed by atoms with Gasteiger partial charge in [0.1, 0.15) is 0 Å². The van der Waals surface area contributed by atoms with Crippen LogP contribution in [0.15, 0.2) is 48.5 Å². The van der Waals surface area contributed by atoms with E-state index in [1.165, 1.54) is 6.42 Å². The Labute approximate surface area is 170 Å². The van der Waals surface area contributed by atoms with Crippen LogP contribution in [0.5, 0.6) is 11.5 Å². The third kappa shape index (κ3) is 6.41. The number of urea groups is 1. The second kappa shape index (κ2) is 10.4. The van der Waals surface area contributed by atoms with E-state index in [1.54, 1.807) is 43.5 Å². The molecule has 2 aromatic carbocycles. The summed E-state index contributed by atoms with van der Waals surface area (Å²) in [5, 5.41) is 8.60. The molecule has 0 aliphatic heterocycles. The van der Waals surface area contributed by atoms with Gasteiger partial charge in [0, 0.05) is 17.4 Å². The summed E-state index contributed by atoms with van der Waals surface area (Å²) in [6, 6.07) is 14.2. The molecule has 3 rings (SSSR count). The first-order valence-electron chi connectivity index (χ1n) is 9.87. The van der Waals surface area contributed by atoms with Crippen LogP contribution in [0.1, 0.15) is 32.1 Å². The number of hydrogen-bond donors (Lipinski definition) is 3. The lowest BCUT2D eigenvalue weighted by Gasteiger charge is -2.22. The fraction of sp³-hybridized carbons (Fsp3) is 0.364. The average molecular weight is 397 g/mol. The number of para-hydroxylation sites is 2. The lowest BCUT2D eigenvalue weighted by atomic mass is 9.96. The molecule has 0 saturated heterocycles. The number of methoxy groups -OCH3 is 1. The molecule has 0 aromatic heterocycles. The predicted molar refractivity (Wildman–Crippen MR) is 113 cm³/mol. The van der Waals surface area contributed by atoms with E-state index in [0.717, 1.165) is 25.7 Å². The van der Waals surface area contributed by atoms with Crippen LogP contribution < -0.4 is 25.4 Å². The summed E-state index contributed by atoms with van der Waals surface area (Å²) in [7, 11) is 1.55. The molecule has 1 saturated carbocycles. The summed E-state index contributed by atoms with van der Waals surface area (Å²) in [6.45, 7) is -0.153. The third-order valence-corrected chi connectivity index (χ3v) is 4.77. The summed E-state index contributed by atoms with van der Waals surface area (Å²) in [5.74, 6) is 0.759. The molecule has 0 spiro atoms. The van der Waals surface area contributed by atoms with Crippen molar-refractivity contribution in [3.63, 3.8) is 0 Å². The van der Waals surface area contributed by atoms with Gasteiger partial charge in [-0.1, -0.05) is 37.5 Å². The maximum Gasteiger partial charge on any atom is 0.319 e. The Balaban J connectivity index is 1.49. The van der Waals surface area contributed by atoms with Gasteiger partial charge in [-0.05, 0) is 43.2 Å². The molecular weight excluding hydrogens is 370 g/mol. The number of anilines is 2. The van der Waals surface area contributed by atoms with E-state index in [4.69, 9.17) is 9.47 Å². The molecule has 3 N–H and O–H groups in total. The van der Waals surface area contributed by atoms with Crippen molar-refractivity contribution in [3.8, 4) is 11.5 Å². The van der Waals surface area contributed by atoms with Gasteiger partial charge in [0.05, 0.1) is 7.11 Å². The van der Waals surface area contributed by atoms with E-state index < -0.39 is 0 Å². The first kappa shape index (κ1) is 20.5. The van der Waals surface area contributed by atoms with Gasteiger partial charge in [-0.15, -0.1) is 0 Å². The first-order valence-corrected chi connectivity index (χ1v) is 9.87. The van der Waals surface area contributed by atoms with Crippen LogP contribution in [-0.4, -0.2) is 31.7 Å². The molecule has 2 aromatic rings. The van der Waals surface area contributed by atoms with Crippen LogP contribution in [0.3, 0.4) is 0 Å². The van der Waals surface area contributed by atoms with Crippen molar-refractivity contribution in [2.45, 2.75) is 38.1 Å². The van der Waals surface area contributed by atoms with Crippen LogP contribution >= 0.6 is 0 Å². The highest BCUT2D eigenvalue weighted by atomic mass is 16.5. The van der Waals surface area contributed by atoms with Gasteiger partial charge in [0.2, 0.25) is 0 Å². The highest BCUT2D eigenvalue weighted by Gasteiger charge is 2.15. The van der Waals surface area contributed by atoms with Crippen molar-refractivity contribution >= 4 is 23.3 Å². The van der Waals surface area contributed by atoms with Crippen molar-refractivity contribution in [1.29, 1.82) is 0 Å². The Kier molecular flexibility index (Phi) is 7.33. The molecule has 3 amide bonds. The molecule has 1 aliphatic carbocycles. The highest BCUT2D eigenvalue weighted by molar-refractivity contribution is 5.94. The minimum atomic E-state index is -0.306. The molecule has 0 heterocycles. The second-order valence-corrected chi connectivity index (χ2v) is 7.00. The molecular formula is C22H27N3O4. The molecule has 0 unspecified atom stereocenters. The van der Waals surface area contributed by atoms with Crippen LogP contribution in [0.2, 0.25) is 0 Å². The topological polar surface area (TPSA) is 88.7 Å². The summed E-state index contributed by atoms with van der Waals surface area (Å²) in [5.41, 5.74) is 1.19. The smallest absolute Gasteiger partial charge is 0.319 e. The Morgan fingerprint density at radius 1 is 0.931 bits per heavy atom. The fourth-order valence-electron chi connectivity index (χ4n) is 3.35.